The monoisotopic (exact) mass is 699 g/mol. The molecule has 10 aromatic carbocycles. The fourth-order valence-electron chi connectivity index (χ4n) is 8.01. The summed E-state index contributed by atoms with van der Waals surface area (Å²) >= 11 is 0. The Kier molecular flexibility index (Phi) is 8.24. The maximum Gasteiger partial charge on any atom is 0.0467 e. The van der Waals surface area contributed by atoms with Crippen molar-refractivity contribution in [2.75, 3.05) is 4.90 Å². The molecule has 0 radical (unpaired) electrons. The van der Waals surface area contributed by atoms with E-state index in [0.717, 1.165) is 17.1 Å². The number of hydrogen-bond donors (Lipinski definition) is 0. The highest BCUT2D eigenvalue weighted by molar-refractivity contribution is 6.13. The van der Waals surface area contributed by atoms with Crippen molar-refractivity contribution in [1.82, 2.24) is 0 Å². The molecule has 0 saturated heterocycles. The van der Waals surface area contributed by atoms with Gasteiger partial charge in [0.25, 0.3) is 0 Å². The van der Waals surface area contributed by atoms with E-state index in [9.17, 15) is 0 Å². The van der Waals surface area contributed by atoms with E-state index in [1.807, 2.05) is 0 Å². The Morgan fingerprint density at radius 3 is 1.40 bits per heavy atom. The Balaban J connectivity index is 1.05. The van der Waals surface area contributed by atoms with Gasteiger partial charge in [0.05, 0.1) is 0 Å². The summed E-state index contributed by atoms with van der Waals surface area (Å²) in [6, 6.07) is 81.4. The van der Waals surface area contributed by atoms with Crippen molar-refractivity contribution in [3.63, 3.8) is 0 Å². The number of anilines is 3. The Bertz CT molecular complexity index is 2940. The van der Waals surface area contributed by atoms with Gasteiger partial charge < -0.3 is 4.90 Å². The topological polar surface area (TPSA) is 3.24 Å². The van der Waals surface area contributed by atoms with E-state index in [-0.39, 0.29) is 0 Å². The van der Waals surface area contributed by atoms with Crippen LogP contribution in [0, 0.1) is 0 Å². The molecule has 1 nitrogen and oxygen atoms in total. The van der Waals surface area contributed by atoms with Crippen LogP contribution in [-0.2, 0) is 0 Å². The molecule has 0 saturated carbocycles. The standard InChI is InChI=1S/C54H37N/c1-2-11-38(12-3-1)40-21-23-41(24-22-40)45-16-10-17-50(36-45)55(48-31-27-42(28-32-48)46-26-25-39-13-4-5-14-44(39)35-46)49-33-29-43(30-34-49)54-37-47-15-6-7-18-51(47)52-19-8-9-20-53(52)54/h1-37H. The lowest BCUT2D eigenvalue weighted by atomic mass is 9.93. The molecule has 55 heavy (non-hydrogen) atoms. The van der Waals surface area contributed by atoms with Gasteiger partial charge in [-0.15, -0.1) is 0 Å². The second kappa shape index (κ2) is 14.0. The first kappa shape index (κ1) is 32.4. The van der Waals surface area contributed by atoms with Gasteiger partial charge in [-0.1, -0.05) is 176 Å². The van der Waals surface area contributed by atoms with Crippen LogP contribution in [0.4, 0.5) is 17.1 Å². The molecule has 0 unspecified atom stereocenters. The van der Waals surface area contributed by atoms with Gasteiger partial charge in [-0.3, -0.25) is 0 Å². The summed E-state index contributed by atoms with van der Waals surface area (Å²) in [6.07, 6.45) is 0. The number of benzene rings is 10. The van der Waals surface area contributed by atoms with E-state index in [2.05, 4.69) is 229 Å². The van der Waals surface area contributed by atoms with Crippen LogP contribution in [0.2, 0.25) is 0 Å². The van der Waals surface area contributed by atoms with Crippen LogP contribution < -0.4 is 4.90 Å². The zero-order chi connectivity index (χ0) is 36.6. The van der Waals surface area contributed by atoms with E-state index >= 15 is 0 Å². The molecule has 0 amide bonds. The number of hydrogen-bond acceptors (Lipinski definition) is 1. The highest BCUT2D eigenvalue weighted by Gasteiger charge is 2.16. The Morgan fingerprint density at radius 1 is 0.218 bits per heavy atom. The third-order valence-electron chi connectivity index (χ3n) is 10.8. The van der Waals surface area contributed by atoms with Crippen LogP contribution in [0.1, 0.15) is 0 Å². The van der Waals surface area contributed by atoms with Gasteiger partial charge in [-0.05, 0) is 125 Å². The normalized spacial score (nSPS) is 11.3. The summed E-state index contributed by atoms with van der Waals surface area (Å²) < 4.78 is 0. The fraction of sp³-hybridized carbons (Fsp3) is 0. The van der Waals surface area contributed by atoms with E-state index in [4.69, 9.17) is 0 Å². The maximum absolute atomic E-state index is 2.37. The second-order valence-corrected chi connectivity index (χ2v) is 14.2. The lowest BCUT2D eigenvalue weighted by Gasteiger charge is -2.26. The molecule has 0 atom stereocenters. The van der Waals surface area contributed by atoms with Crippen LogP contribution in [-0.4, -0.2) is 0 Å². The summed E-state index contributed by atoms with van der Waals surface area (Å²) in [5.74, 6) is 0. The average molecular weight is 700 g/mol. The highest BCUT2D eigenvalue weighted by atomic mass is 15.1. The number of fused-ring (bicyclic) bond motifs is 4. The quantitative estimate of drug-likeness (QED) is 0.150. The molecular formula is C54H37N. The van der Waals surface area contributed by atoms with Crippen LogP contribution >= 0.6 is 0 Å². The summed E-state index contributed by atoms with van der Waals surface area (Å²) in [4.78, 5) is 2.37. The number of nitrogens with zero attached hydrogens (tertiary/aromatic N) is 1. The SMILES string of the molecule is c1ccc(-c2ccc(-c3cccc(N(c4ccc(-c5ccc6ccccc6c5)cc4)c4ccc(-c5cc6ccccc6c6ccccc56)cc4)c3)cc2)cc1. The van der Waals surface area contributed by atoms with Crippen LogP contribution in [0.3, 0.4) is 0 Å². The molecule has 10 aromatic rings. The van der Waals surface area contributed by atoms with Gasteiger partial charge in [-0.25, -0.2) is 0 Å². The van der Waals surface area contributed by atoms with Gasteiger partial charge in [0.15, 0.2) is 0 Å². The Hall–Kier alpha value is -7.22. The minimum absolute atomic E-state index is 1.10. The molecule has 0 aliphatic rings. The van der Waals surface area contributed by atoms with E-state index in [1.165, 1.54) is 76.8 Å². The second-order valence-electron chi connectivity index (χ2n) is 14.2. The summed E-state index contributed by atoms with van der Waals surface area (Å²) in [5, 5.41) is 7.58. The molecule has 0 bridgehead atoms. The molecule has 0 spiro atoms. The predicted octanol–water partition coefficient (Wildman–Crippen LogP) is 15.3. The third kappa shape index (κ3) is 6.22. The molecule has 258 valence electrons. The van der Waals surface area contributed by atoms with Crippen molar-refractivity contribution in [3.8, 4) is 44.5 Å². The first-order chi connectivity index (χ1) is 27.2. The maximum atomic E-state index is 2.37. The summed E-state index contributed by atoms with van der Waals surface area (Å²) in [6.45, 7) is 0. The van der Waals surface area contributed by atoms with Crippen molar-refractivity contribution in [2.45, 2.75) is 0 Å². The van der Waals surface area contributed by atoms with Crippen molar-refractivity contribution in [3.05, 3.63) is 224 Å². The van der Waals surface area contributed by atoms with Gasteiger partial charge in [0.1, 0.15) is 0 Å². The summed E-state index contributed by atoms with van der Waals surface area (Å²) in [7, 11) is 0. The molecule has 0 heterocycles. The van der Waals surface area contributed by atoms with Gasteiger partial charge in [0, 0.05) is 17.1 Å². The van der Waals surface area contributed by atoms with Crippen LogP contribution in [0.15, 0.2) is 224 Å². The Labute approximate surface area is 322 Å². The van der Waals surface area contributed by atoms with E-state index in [1.54, 1.807) is 0 Å². The van der Waals surface area contributed by atoms with Crippen molar-refractivity contribution < 1.29 is 0 Å². The lowest BCUT2D eigenvalue weighted by Crippen LogP contribution is -2.10. The van der Waals surface area contributed by atoms with Gasteiger partial charge in [-0.2, -0.15) is 0 Å². The minimum Gasteiger partial charge on any atom is -0.310 e. The van der Waals surface area contributed by atoms with Gasteiger partial charge >= 0.3 is 0 Å². The largest absolute Gasteiger partial charge is 0.310 e. The van der Waals surface area contributed by atoms with Crippen molar-refractivity contribution in [2.24, 2.45) is 0 Å². The molecule has 0 N–H and O–H groups in total. The van der Waals surface area contributed by atoms with E-state index in [0.29, 0.717) is 0 Å². The minimum atomic E-state index is 1.10. The first-order valence-electron chi connectivity index (χ1n) is 18.9. The van der Waals surface area contributed by atoms with Gasteiger partial charge in [0.2, 0.25) is 0 Å². The fourth-order valence-corrected chi connectivity index (χ4v) is 8.01. The van der Waals surface area contributed by atoms with Crippen molar-refractivity contribution >= 4 is 49.4 Å². The predicted molar refractivity (Wildman–Crippen MR) is 235 cm³/mol. The molecular weight excluding hydrogens is 663 g/mol. The van der Waals surface area contributed by atoms with Crippen LogP contribution in [0.5, 0.6) is 0 Å². The summed E-state index contributed by atoms with van der Waals surface area (Å²) in [5.41, 5.74) is 13.0. The first-order valence-corrected chi connectivity index (χ1v) is 18.9. The molecule has 10 rings (SSSR count). The Morgan fingerprint density at radius 2 is 0.691 bits per heavy atom. The van der Waals surface area contributed by atoms with Crippen LogP contribution in [0.25, 0.3) is 76.8 Å². The molecule has 0 aliphatic carbocycles. The number of rotatable bonds is 7. The molecule has 0 aromatic heterocycles. The zero-order valence-electron chi connectivity index (χ0n) is 30.3. The molecule has 1 heteroatoms. The smallest absolute Gasteiger partial charge is 0.0467 e. The lowest BCUT2D eigenvalue weighted by molar-refractivity contribution is 1.28. The van der Waals surface area contributed by atoms with Crippen molar-refractivity contribution in [1.29, 1.82) is 0 Å². The average Bonchev–Trinajstić information content (AvgIpc) is 3.27. The van der Waals surface area contributed by atoms with E-state index < -0.39 is 0 Å². The molecule has 0 fully saturated rings. The zero-order valence-corrected chi connectivity index (χ0v) is 30.3. The molecule has 0 aliphatic heterocycles. The third-order valence-corrected chi connectivity index (χ3v) is 10.8. The highest BCUT2D eigenvalue weighted by Crippen LogP contribution is 2.40.